The number of rotatable bonds is 2. The second-order valence-corrected chi connectivity index (χ2v) is 5.20. The summed E-state index contributed by atoms with van der Waals surface area (Å²) >= 11 is 0. The van der Waals surface area contributed by atoms with Crippen molar-refractivity contribution in [3.63, 3.8) is 0 Å². The van der Waals surface area contributed by atoms with Gasteiger partial charge < -0.3 is 5.32 Å². The number of aryl methyl sites for hydroxylation is 1. The van der Waals surface area contributed by atoms with E-state index in [4.69, 9.17) is 0 Å². The second kappa shape index (κ2) is 3.86. The molecule has 88 valence electrons. The Bertz CT molecular complexity index is 373. The molecule has 0 radical (unpaired) electrons. The molecule has 2 fully saturated rings. The van der Waals surface area contributed by atoms with Crippen molar-refractivity contribution in [2.75, 3.05) is 19.6 Å². The Hall–Kier alpha value is -0.870. The van der Waals surface area contributed by atoms with Crippen LogP contribution in [0.15, 0.2) is 12.3 Å². The number of aromatic nitrogens is 2. The van der Waals surface area contributed by atoms with Crippen LogP contribution in [0.3, 0.4) is 0 Å². The van der Waals surface area contributed by atoms with Crippen molar-refractivity contribution in [3.05, 3.63) is 18.0 Å². The highest BCUT2D eigenvalue weighted by molar-refractivity contribution is 5.03. The summed E-state index contributed by atoms with van der Waals surface area (Å²) in [5.74, 6) is 1.72. The molecule has 1 N–H and O–H groups in total. The molecule has 4 heteroatoms. The predicted molar refractivity (Wildman–Crippen MR) is 62.9 cm³/mol. The second-order valence-electron chi connectivity index (χ2n) is 5.20. The molecule has 1 aromatic heterocycles. The standard InChI is InChI=1S/C12H20N4/c1-9-12-6-13-5-10(12)7-16(9)8-11-3-4-14-15(11)2/h3-4,9-10,12-13H,5-8H2,1-2H3. The molecule has 3 heterocycles. The Labute approximate surface area is 96.6 Å². The number of hydrogen-bond donors (Lipinski definition) is 1. The molecule has 3 rings (SSSR count). The summed E-state index contributed by atoms with van der Waals surface area (Å²) < 4.78 is 1.99. The van der Waals surface area contributed by atoms with Crippen LogP contribution in [-0.2, 0) is 13.6 Å². The molecule has 2 aliphatic rings. The van der Waals surface area contributed by atoms with Crippen LogP contribution in [-0.4, -0.2) is 40.4 Å². The average molecular weight is 220 g/mol. The fraction of sp³-hybridized carbons (Fsp3) is 0.750. The summed E-state index contributed by atoms with van der Waals surface area (Å²) in [6, 6.07) is 2.83. The van der Waals surface area contributed by atoms with Gasteiger partial charge in [-0.05, 0) is 37.9 Å². The van der Waals surface area contributed by atoms with Gasteiger partial charge in [-0.1, -0.05) is 0 Å². The van der Waals surface area contributed by atoms with Crippen molar-refractivity contribution < 1.29 is 0 Å². The highest BCUT2D eigenvalue weighted by Gasteiger charge is 2.41. The van der Waals surface area contributed by atoms with Gasteiger partial charge in [-0.25, -0.2) is 0 Å². The lowest BCUT2D eigenvalue weighted by molar-refractivity contribution is 0.226. The summed E-state index contributed by atoms with van der Waals surface area (Å²) in [6.07, 6.45) is 1.89. The number of hydrogen-bond acceptors (Lipinski definition) is 3. The van der Waals surface area contributed by atoms with E-state index < -0.39 is 0 Å². The summed E-state index contributed by atoms with van der Waals surface area (Å²) in [4.78, 5) is 2.60. The highest BCUT2D eigenvalue weighted by Crippen LogP contribution is 2.32. The van der Waals surface area contributed by atoms with Gasteiger partial charge in [0.05, 0.1) is 5.69 Å². The fourth-order valence-corrected chi connectivity index (χ4v) is 3.23. The smallest absolute Gasteiger partial charge is 0.0521 e. The quantitative estimate of drug-likeness (QED) is 0.786. The predicted octanol–water partition coefficient (Wildman–Crippen LogP) is 0.460. The van der Waals surface area contributed by atoms with E-state index in [2.05, 4.69) is 28.3 Å². The van der Waals surface area contributed by atoms with Crippen molar-refractivity contribution in [1.82, 2.24) is 20.0 Å². The zero-order chi connectivity index (χ0) is 11.1. The van der Waals surface area contributed by atoms with Crippen LogP contribution >= 0.6 is 0 Å². The van der Waals surface area contributed by atoms with E-state index in [1.807, 2.05) is 17.9 Å². The van der Waals surface area contributed by atoms with Crippen LogP contribution in [0.2, 0.25) is 0 Å². The average Bonchev–Trinajstić information content (AvgIpc) is 2.91. The van der Waals surface area contributed by atoms with Crippen LogP contribution < -0.4 is 5.32 Å². The first-order valence-electron chi connectivity index (χ1n) is 6.17. The molecular formula is C12H20N4. The lowest BCUT2D eigenvalue weighted by Crippen LogP contribution is -2.33. The maximum atomic E-state index is 4.23. The van der Waals surface area contributed by atoms with Crippen molar-refractivity contribution in [2.45, 2.75) is 19.5 Å². The lowest BCUT2D eigenvalue weighted by Gasteiger charge is -2.24. The highest BCUT2D eigenvalue weighted by atomic mass is 15.3. The SMILES string of the molecule is CC1C2CNCC2CN1Cc1ccnn1C. The first kappa shape index (κ1) is 10.3. The molecule has 3 atom stereocenters. The summed E-state index contributed by atoms with van der Waals surface area (Å²) in [5, 5.41) is 7.73. The van der Waals surface area contributed by atoms with Gasteiger partial charge in [0, 0.05) is 32.4 Å². The topological polar surface area (TPSA) is 33.1 Å². The molecule has 1 aromatic rings. The van der Waals surface area contributed by atoms with E-state index in [-0.39, 0.29) is 0 Å². The number of fused-ring (bicyclic) bond motifs is 1. The molecule has 0 spiro atoms. The Morgan fingerprint density at radius 1 is 1.50 bits per heavy atom. The molecule has 0 aliphatic carbocycles. The molecule has 0 saturated carbocycles. The van der Waals surface area contributed by atoms with Crippen LogP contribution in [0.5, 0.6) is 0 Å². The van der Waals surface area contributed by atoms with Crippen LogP contribution in [0.25, 0.3) is 0 Å². The third-order valence-corrected chi connectivity index (χ3v) is 4.34. The van der Waals surface area contributed by atoms with Gasteiger partial charge in [-0.3, -0.25) is 9.58 Å². The zero-order valence-corrected chi connectivity index (χ0v) is 10.1. The van der Waals surface area contributed by atoms with Gasteiger partial charge in [-0.2, -0.15) is 5.10 Å². The van der Waals surface area contributed by atoms with Gasteiger partial charge in [-0.15, -0.1) is 0 Å². The Morgan fingerprint density at radius 2 is 2.38 bits per heavy atom. The maximum Gasteiger partial charge on any atom is 0.0521 e. The minimum Gasteiger partial charge on any atom is -0.316 e. The molecule has 2 saturated heterocycles. The lowest BCUT2D eigenvalue weighted by atomic mass is 9.95. The van der Waals surface area contributed by atoms with Gasteiger partial charge in [0.2, 0.25) is 0 Å². The first-order valence-corrected chi connectivity index (χ1v) is 6.17. The molecule has 16 heavy (non-hydrogen) atoms. The van der Waals surface area contributed by atoms with Gasteiger partial charge in [0.15, 0.2) is 0 Å². The molecule has 2 aliphatic heterocycles. The van der Waals surface area contributed by atoms with Crippen LogP contribution in [0.1, 0.15) is 12.6 Å². The first-order chi connectivity index (χ1) is 7.75. The van der Waals surface area contributed by atoms with Crippen LogP contribution in [0, 0.1) is 11.8 Å². The van der Waals surface area contributed by atoms with Crippen molar-refractivity contribution in [2.24, 2.45) is 18.9 Å². The molecular weight excluding hydrogens is 200 g/mol. The summed E-state index contributed by atoms with van der Waals surface area (Å²) in [6.45, 7) is 7.06. The number of nitrogens with zero attached hydrogens (tertiary/aromatic N) is 3. The summed E-state index contributed by atoms with van der Waals surface area (Å²) in [7, 11) is 2.03. The third kappa shape index (κ3) is 1.57. The van der Waals surface area contributed by atoms with Crippen molar-refractivity contribution >= 4 is 0 Å². The van der Waals surface area contributed by atoms with E-state index in [0.717, 1.165) is 18.4 Å². The maximum absolute atomic E-state index is 4.23. The van der Waals surface area contributed by atoms with Crippen molar-refractivity contribution in [1.29, 1.82) is 0 Å². The minimum absolute atomic E-state index is 0.704. The van der Waals surface area contributed by atoms with E-state index >= 15 is 0 Å². The minimum atomic E-state index is 0.704. The molecule has 0 amide bonds. The Kier molecular flexibility index (Phi) is 2.48. The Morgan fingerprint density at radius 3 is 3.06 bits per heavy atom. The van der Waals surface area contributed by atoms with Crippen molar-refractivity contribution in [3.8, 4) is 0 Å². The van der Waals surface area contributed by atoms with Gasteiger partial charge in [0.1, 0.15) is 0 Å². The monoisotopic (exact) mass is 220 g/mol. The zero-order valence-electron chi connectivity index (χ0n) is 10.1. The van der Waals surface area contributed by atoms with E-state index in [9.17, 15) is 0 Å². The fourth-order valence-electron chi connectivity index (χ4n) is 3.23. The Balaban J connectivity index is 1.71. The molecule has 0 bridgehead atoms. The van der Waals surface area contributed by atoms with Gasteiger partial charge >= 0.3 is 0 Å². The largest absolute Gasteiger partial charge is 0.316 e. The van der Waals surface area contributed by atoms with Gasteiger partial charge in [0.25, 0.3) is 0 Å². The normalized spacial score (nSPS) is 34.5. The molecule has 4 nitrogen and oxygen atoms in total. The summed E-state index contributed by atoms with van der Waals surface area (Å²) in [5.41, 5.74) is 1.32. The van der Waals surface area contributed by atoms with Crippen LogP contribution in [0.4, 0.5) is 0 Å². The van der Waals surface area contributed by atoms with E-state index in [1.54, 1.807) is 0 Å². The number of likely N-dealkylation sites (tertiary alicyclic amines) is 1. The van der Waals surface area contributed by atoms with E-state index in [0.29, 0.717) is 6.04 Å². The van der Waals surface area contributed by atoms with E-state index in [1.165, 1.54) is 25.3 Å². The third-order valence-electron chi connectivity index (χ3n) is 4.34. The molecule has 0 aromatic carbocycles. The molecule has 3 unspecified atom stereocenters. The number of nitrogens with one attached hydrogen (secondary N) is 1.